The normalized spacial score (nSPS) is 11.7. The summed E-state index contributed by atoms with van der Waals surface area (Å²) >= 11 is 4.66. The highest BCUT2D eigenvalue weighted by Gasteiger charge is 2.31. The second kappa shape index (κ2) is 6.32. The van der Waals surface area contributed by atoms with Gasteiger partial charge in [0.05, 0.1) is 5.56 Å². The van der Waals surface area contributed by atoms with E-state index >= 15 is 0 Å². The fourth-order valence-corrected chi connectivity index (χ4v) is 3.30. The summed E-state index contributed by atoms with van der Waals surface area (Å²) in [4.78, 5) is 14.2. The number of ketones is 1. The molecule has 1 nitrogen and oxygen atoms in total. The van der Waals surface area contributed by atoms with Crippen LogP contribution in [-0.4, -0.2) is 5.78 Å². The molecule has 0 fully saturated rings. The highest BCUT2D eigenvalue weighted by Crippen LogP contribution is 2.32. The summed E-state index contributed by atoms with van der Waals surface area (Å²) < 4.78 is 38.5. The molecule has 2 rings (SSSR count). The molecule has 2 aromatic rings. The summed E-state index contributed by atoms with van der Waals surface area (Å²) in [5.74, 6) is -0.322. The van der Waals surface area contributed by atoms with Gasteiger partial charge in [-0.15, -0.1) is 11.3 Å². The van der Waals surface area contributed by atoms with Crippen LogP contribution in [0.3, 0.4) is 0 Å². The van der Waals surface area contributed by atoms with Crippen molar-refractivity contribution in [2.24, 2.45) is 0 Å². The molecule has 0 N–H and O–H groups in total. The fraction of sp³-hybridized carbons (Fsp3) is 0.267. The van der Waals surface area contributed by atoms with Crippen LogP contribution in [0.15, 0.2) is 34.8 Å². The van der Waals surface area contributed by atoms with Crippen molar-refractivity contribution in [3.05, 3.63) is 55.7 Å². The average molecular weight is 377 g/mol. The maximum atomic E-state index is 12.7. The highest BCUT2D eigenvalue weighted by atomic mass is 79.9. The number of carbonyl (C=O) groups excluding carboxylic acids is 1. The second-order valence-corrected chi connectivity index (χ2v) is 6.62. The first-order chi connectivity index (χ1) is 9.81. The molecule has 21 heavy (non-hydrogen) atoms. The van der Waals surface area contributed by atoms with Crippen LogP contribution in [0.25, 0.3) is 0 Å². The van der Waals surface area contributed by atoms with E-state index in [4.69, 9.17) is 0 Å². The van der Waals surface area contributed by atoms with Crippen molar-refractivity contribution in [2.45, 2.75) is 25.9 Å². The molecular weight excluding hydrogens is 365 g/mol. The first kappa shape index (κ1) is 16.2. The molecule has 1 aromatic carbocycles. The molecule has 0 atom stereocenters. The standard InChI is InChI=1S/C15H12BrF3OS/c1-2-10-4-5-11(21-10)8-14(20)12-7-9(15(17,18)19)3-6-13(12)16/h3-7H,2,8H2,1H3. The molecule has 6 heteroatoms. The molecule has 0 aliphatic heterocycles. The number of carbonyl (C=O) groups is 1. The van der Waals surface area contributed by atoms with E-state index in [1.54, 1.807) is 0 Å². The van der Waals surface area contributed by atoms with Gasteiger partial charge in [0.25, 0.3) is 0 Å². The first-order valence-corrected chi connectivity index (χ1v) is 7.89. The van der Waals surface area contributed by atoms with E-state index in [-0.39, 0.29) is 17.8 Å². The molecule has 0 aliphatic carbocycles. The van der Waals surface area contributed by atoms with Crippen molar-refractivity contribution in [2.75, 3.05) is 0 Å². The lowest BCUT2D eigenvalue weighted by atomic mass is 10.0. The molecule has 0 aliphatic rings. The third-order valence-corrected chi connectivity index (χ3v) is 4.92. The van der Waals surface area contributed by atoms with Gasteiger partial charge in [-0.3, -0.25) is 4.79 Å². The van der Waals surface area contributed by atoms with Crippen molar-refractivity contribution in [3.63, 3.8) is 0 Å². The minimum Gasteiger partial charge on any atom is -0.294 e. The maximum Gasteiger partial charge on any atom is 0.416 e. The predicted molar refractivity (Wildman–Crippen MR) is 80.9 cm³/mol. The Kier molecular flexibility index (Phi) is 4.88. The van der Waals surface area contributed by atoms with Gasteiger partial charge in [-0.2, -0.15) is 13.2 Å². The lowest BCUT2D eigenvalue weighted by Crippen LogP contribution is -2.09. The molecule has 0 amide bonds. The molecule has 1 heterocycles. The minimum absolute atomic E-state index is 0.0660. The zero-order valence-corrected chi connectivity index (χ0v) is 13.5. The number of Topliss-reactive ketones (excluding diaryl/α,β-unsaturated/α-hetero) is 1. The lowest BCUT2D eigenvalue weighted by Gasteiger charge is -2.09. The second-order valence-electron chi connectivity index (χ2n) is 4.51. The molecule has 0 saturated carbocycles. The third kappa shape index (κ3) is 3.95. The van der Waals surface area contributed by atoms with Crippen LogP contribution in [-0.2, 0) is 19.0 Å². The fourth-order valence-electron chi connectivity index (χ4n) is 1.88. The van der Waals surface area contributed by atoms with Gasteiger partial charge in [0.15, 0.2) is 5.78 Å². The monoisotopic (exact) mass is 376 g/mol. The van der Waals surface area contributed by atoms with E-state index in [9.17, 15) is 18.0 Å². The Morgan fingerprint density at radius 2 is 1.86 bits per heavy atom. The minimum atomic E-state index is -4.45. The number of alkyl halides is 3. The van der Waals surface area contributed by atoms with Crippen LogP contribution in [0.4, 0.5) is 13.2 Å². The zero-order valence-electron chi connectivity index (χ0n) is 11.1. The van der Waals surface area contributed by atoms with Crippen molar-refractivity contribution in [3.8, 4) is 0 Å². The molecule has 1 aromatic heterocycles. The number of rotatable bonds is 4. The molecule has 0 radical (unpaired) electrons. The number of aryl methyl sites for hydroxylation is 1. The smallest absolute Gasteiger partial charge is 0.294 e. The number of benzene rings is 1. The summed E-state index contributed by atoms with van der Waals surface area (Å²) in [5.41, 5.74) is -0.745. The van der Waals surface area contributed by atoms with Crippen molar-refractivity contribution in [1.29, 1.82) is 0 Å². The van der Waals surface area contributed by atoms with Crippen molar-refractivity contribution in [1.82, 2.24) is 0 Å². The van der Waals surface area contributed by atoms with E-state index < -0.39 is 11.7 Å². The number of thiophene rings is 1. The Morgan fingerprint density at radius 3 is 2.43 bits per heavy atom. The third-order valence-electron chi connectivity index (χ3n) is 2.99. The number of hydrogen-bond acceptors (Lipinski definition) is 2. The molecule has 0 unspecified atom stereocenters. The molecule has 0 saturated heterocycles. The van der Waals surface area contributed by atoms with Gasteiger partial charge in [0.1, 0.15) is 0 Å². The van der Waals surface area contributed by atoms with Crippen molar-refractivity contribution < 1.29 is 18.0 Å². The topological polar surface area (TPSA) is 17.1 Å². The Bertz CT molecular complexity index is 661. The van der Waals surface area contributed by atoms with Gasteiger partial charge in [0, 0.05) is 26.2 Å². The molecule has 0 spiro atoms. The maximum absolute atomic E-state index is 12.7. The Balaban J connectivity index is 2.26. The van der Waals surface area contributed by atoms with Gasteiger partial charge in [-0.1, -0.05) is 22.9 Å². The van der Waals surface area contributed by atoms with Crippen LogP contribution in [0, 0.1) is 0 Å². The van der Waals surface area contributed by atoms with Gasteiger partial charge in [-0.05, 0) is 36.8 Å². The van der Waals surface area contributed by atoms with Gasteiger partial charge in [-0.25, -0.2) is 0 Å². The largest absolute Gasteiger partial charge is 0.416 e. The van der Waals surface area contributed by atoms with Gasteiger partial charge >= 0.3 is 6.18 Å². The number of halogens is 4. The Hall–Kier alpha value is -1.14. The Morgan fingerprint density at radius 1 is 1.19 bits per heavy atom. The van der Waals surface area contributed by atoms with E-state index in [0.29, 0.717) is 4.47 Å². The SMILES string of the molecule is CCc1ccc(CC(=O)c2cc(C(F)(F)F)ccc2Br)s1. The van der Waals surface area contributed by atoms with Crippen LogP contribution in [0.5, 0.6) is 0 Å². The van der Waals surface area contributed by atoms with Gasteiger partial charge in [0.2, 0.25) is 0 Å². The van der Waals surface area contributed by atoms with Gasteiger partial charge < -0.3 is 0 Å². The first-order valence-electron chi connectivity index (χ1n) is 6.28. The van der Waals surface area contributed by atoms with Crippen LogP contribution in [0.2, 0.25) is 0 Å². The molecular formula is C15H12BrF3OS. The van der Waals surface area contributed by atoms with Crippen LogP contribution < -0.4 is 0 Å². The summed E-state index contributed by atoms with van der Waals surface area (Å²) in [6, 6.07) is 6.92. The highest BCUT2D eigenvalue weighted by molar-refractivity contribution is 9.10. The molecule has 0 bridgehead atoms. The van der Waals surface area contributed by atoms with E-state index in [0.717, 1.165) is 28.3 Å². The Labute approximate surface area is 132 Å². The number of hydrogen-bond donors (Lipinski definition) is 0. The average Bonchev–Trinajstić information content (AvgIpc) is 2.85. The zero-order chi connectivity index (χ0) is 15.6. The van der Waals surface area contributed by atoms with Crippen LogP contribution in [0.1, 0.15) is 32.6 Å². The summed E-state index contributed by atoms with van der Waals surface area (Å²) in [5, 5.41) is 0. The summed E-state index contributed by atoms with van der Waals surface area (Å²) in [6.45, 7) is 2.01. The van der Waals surface area contributed by atoms with Crippen LogP contribution >= 0.6 is 27.3 Å². The van der Waals surface area contributed by atoms with Crippen molar-refractivity contribution >= 4 is 33.0 Å². The van der Waals surface area contributed by atoms with E-state index in [1.165, 1.54) is 17.4 Å². The molecule has 112 valence electrons. The van der Waals surface area contributed by atoms with E-state index in [2.05, 4.69) is 15.9 Å². The summed E-state index contributed by atoms with van der Waals surface area (Å²) in [6.07, 6.45) is -3.45. The predicted octanol–water partition coefficient (Wildman–Crippen LogP) is 5.52. The quantitative estimate of drug-likeness (QED) is 0.642. The summed E-state index contributed by atoms with van der Waals surface area (Å²) in [7, 11) is 0. The lowest BCUT2D eigenvalue weighted by molar-refractivity contribution is -0.137. The van der Waals surface area contributed by atoms with E-state index in [1.807, 2.05) is 19.1 Å².